The molecule has 0 saturated carbocycles. The molecule has 2 rings (SSSR count). The van der Waals surface area contributed by atoms with Crippen LogP contribution in [-0.2, 0) is 11.2 Å². The molecule has 2 aromatic carbocycles. The maximum absolute atomic E-state index is 14.1. The highest BCUT2D eigenvalue weighted by Crippen LogP contribution is 2.36. The Labute approximate surface area is 164 Å². The Balaban J connectivity index is 2.24. The Kier molecular flexibility index (Phi) is 6.92. The predicted molar refractivity (Wildman–Crippen MR) is 106 cm³/mol. The number of ether oxygens (including phenoxy) is 1. The molecular weight excluding hydrogens is 376 g/mol. The zero-order chi connectivity index (χ0) is 19.5. The van der Waals surface area contributed by atoms with Crippen LogP contribution in [-0.4, -0.2) is 17.5 Å². The molecule has 0 unspecified atom stereocenters. The van der Waals surface area contributed by atoms with Gasteiger partial charge in [-0.2, -0.15) is 0 Å². The van der Waals surface area contributed by atoms with Crippen LogP contribution in [0.1, 0.15) is 44.7 Å². The highest BCUT2D eigenvalue weighted by Gasteiger charge is 2.15. The van der Waals surface area contributed by atoms with Crippen molar-refractivity contribution >= 4 is 34.6 Å². The molecule has 6 heteroatoms. The summed E-state index contributed by atoms with van der Waals surface area (Å²) in [5.41, 5.74) is 2.96. The van der Waals surface area contributed by atoms with Gasteiger partial charge in [-0.15, -0.1) is 0 Å². The van der Waals surface area contributed by atoms with E-state index in [0.29, 0.717) is 22.0 Å². The molecule has 0 aliphatic carbocycles. The summed E-state index contributed by atoms with van der Waals surface area (Å²) in [4.78, 5) is 0. The van der Waals surface area contributed by atoms with E-state index < -0.39 is 5.79 Å². The first-order valence-electron chi connectivity index (χ1n) is 8.47. The summed E-state index contributed by atoms with van der Waals surface area (Å²) in [5, 5.41) is 14.0. The number of anilines is 2. The van der Waals surface area contributed by atoms with Gasteiger partial charge in [0.05, 0.1) is 17.3 Å². The quantitative estimate of drug-likeness (QED) is 0.537. The molecule has 0 radical (unpaired) electrons. The minimum absolute atomic E-state index is 0.211. The lowest BCUT2D eigenvalue weighted by Crippen LogP contribution is -2.24. The minimum Gasteiger partial charge on any atom is -0.366 e. The van der Waals surface area contributed by atoms with Crippen LogP contribution in [0.5, 0.6) is 0 Å². The largest absolute Gasteiger partial charge is 0.366 e. The molecule has 0 fully saturated rings. The third-order valence-corrected chi connectivity index (χ3v) is 4.37. The van der Waals surface area contributed by atoms with Crippen molar-refractivity contribution in [3.8, 4) is 0 Å². The minimum atomic E-state index is -1.24. The van der Waals surface area contributed by atoms with Crippen molar-refractivity contribution in [1.82, 2.24) is 0 Å². The molecule has 0 spiro atoms. The van der Waals surface area contributed by atoms with Gasteiger partial charge in [0.1, 0.15) is 5.82 Å². The number of nitrogens with one attached hydrogen (secondary N) is 1. The third kappa shape index (κ3) is 5.85. The van der Waals surface area contributed by atoms with Crippen LogP contribution in [0.2, 0.25) is 10.0 Å². The summed E-state index contributed by atoms with van der Waals surface area (Å²) in [7, 11) is 0. The van der Waals surface area contributed by atoms with Gasteiger partial charge in [-0.1, -0.05) is 37.0 Å². The van der Waals surface area contributed by atoms with Gasteiger partial charge in [0.2, 0.25) is 0 Å². The Bertz CT molecular complexity index is 773. The molecule has 2 N–H and O–H groups in total. The summed E-state index contributed by atoms with van der Waals surface area (Å²) in [6.45, 7) is 7.39. The summed E-state index contributed by atoms with van der Waals surface area (Å²) in [6, 6.07) is 8.34. The number of halogens is 3. The molecule has 0 aliphatic heterocycles. The molecule has 0 aromatic heterocycles. The van der Waals surface area contributed by atoms with E-state index in [0.717, 1.165) is 16.9 Å². The Hall–Kier alpha value is -1.33. The summed E-state index contributed by atoms with van der Waals surface area (Å²) >= 11 is 12.5. The lowest BCUT2D eigenvalue weighted by Gasteiger charge is -2.19. The van der Waals surface area contributed by atoms with Gasteiger partial charge in [0.15, 0.2) is 5.79 Å². The Morgan fingerprint density at radius 2 is 1.88 bits per heavy atom. The van der Waals surface area contributed by atoms with Crippen LogP contribution in [0, 0.1) is 5.82 Å². The molecular formula is C20H24Cl2FNO2. The Morgan fingerprint density at radius 1 is 1.19 bits per heavy atom. The van der Waals surface area contributed by atoms with Crippen molar-refractivity contribution in [3.63, 3.8) is 0 Å². The number of rotatable bonds is 7. The molecule has 0 saturated heterocycles. The third-order valence-electron chi connectivity index (χ3n) is 3.85. The maximum Gasteiger partial charge on any atom is 0.159 e. The maximum atomic E-state index is 14.1. The fourth-order valence-corrected chi connectivity index (χ4v) is 3.14. The number of hydrogen-bond donors (Lipinski definition) is 2. The normalized spacial score (nSPS) is 11.9. The van der Waals surface area contributed by atoms with Crippen molar-refractivity contribution in [1.29, 1.82) is 0 Å². The molecule has 2 aromatic rings. The van der Waals surface area contributed by atoms with Gasteiger partial charge in [0.25, 0.3) is 0 Å². The van der Waals surface area contributed by atoms with Crippen LogP contribution in [0.25, 0.3) is 0 Å². The molecule has 0 atom stereocenters. The molecule has 0 heterocycles. The van der Waals surface area contributed by atoms with Crippen molar-refractivity contribution in [3.05, 3.63) is 57.3 Å². The number of aliphatic hydroxyl groups is 1. The van der Waals surface area contributed by atoms with Crippen LogP contribution < -0.4 is 5.32 Å². The first-order chi connectivity index (χ1) is 12.1. The summed E-state index contributed by atoms with van der Waals surface area (Å²) < 4.78 is 19.3. The van der Waals surface area contributed by atoms with E-state index in [4.69, 9.17) is 27.9 Å². The molecule has 26 heavy (non-hydrogen) atoms. The van der Waals surface area contributed by atoms with Gasteiger partial charge in [0, 0.05) is 10.7 Å². The van der Waals surface area contributed by atoms with Gasteiger partial charge >= 0.3 is 0 Å². The predicted octanol–water partition coefficient (Wildman–Crippen LogP) is 6.29. The lowest BCUT2D eigenvalue weighted by atomic mass is 10.0. The number of hydrogen-bond acceptors (Lipinski definition) is 3. The van der Waals surface area contributed by atoms with E-state index in [-0.39, 0.29) is 18.3 Å². The van der Waals surface area contributed by atoms with Crippen molar-refractivity contribution in [2.75, 3.05) is 11.9 Å². The average Bonchev–Trinajstić information content (AvgIpc) is 2.51. The van der Waals surface area contributed by atoms with Crippen LogP contribution in [0.15, 0.2) is 30.3 Å². The van der Waals surface area contributed by atoms with Gasteiger partial charge in [-0.25, -0.2) is 4.39 Å². The fraction of sp³-hybridized carbons (Fsp3) is 0.400. The second-order valence-corrected chi connectivity index (χ2v) is 7.83. The van der Waals surface area contributed by atoms with Gasteiger partial charge < -0.3 is 15.2 Å². The van der Waals surface area contributed by atoms with E-state index in [1.165, 1.54) is 19.9 Å². The van der Waals surface area contributed by atoms with E-state index in [9.17, 15) is 9.50 Å². The van der Waals surface area contributed by atoms with Crippen LogP contribution >= 0.6 is 23.2 Å². The van der Waals surface area contributed by atoms with Crippen molar-refractivity contribution in [2.45, 2.75) is 45.8 Å². The summed E-state index contributed by atoms with van der Waals surface area (Å²) in [5.74, 6) is -1.34. The van der Waals surface area contributed by atoms with E-state index >= 15 is 0 Å². The zero-order valence-electron chi connectivity index (χ0n) is 15.4. The molecule has 3 nitrogen and oxygen atoms in total. The summed E-state index contributed by atoms with van der Waals surface area (Å²) in [6.07, 6.45) is 0.344. The Morgan fingerprint density at radius 3 is 2.50 bits per heavy atom. The smallest absolute Gasteiger partial charge is 0.159 e. The van der Waals surface area contributed by atoms with E-state index in [1.54, 1.807) is 18.2 Å². The van der Waals surface area contributed by atoms with Crippen LogP contribution in [0.4, 0.5) is 15.8 Å². The van der Waals surface area contributed by atoms with Crippen molar-refractivity contribution in [2.24, 2.45) is 0 Å². The highest BCUT2D eigenvalue weighted by atomic mass is 35.5. The molecule has 0 amide bonds. The number of benzene rings is 2. The van der Waals surface area contributed by atoms with E-state index in [1.807, 2.05) is 6.07 Å². The zero-order valence-corrected chi connectivity index (χ0v) is 16.9. The lowest BCUT2D eigenvalue weighted by molar-refractivity contribution is -0.175. The molecule has 0 bridgehead atoms. The molecule has 0 aliphatic rings. The fourth-order valence-electron chi connectivity index (χ4n) is 2.58. The second-order valence-electron chi connectivity index (χ2n) is 6.98. The first kappa shape index (κ1) is 21.0. The van der Waals surface area contributed by atoms with Crippen LogP contribution in [0.3, 0.4) is 0 Å². The van der Waals surface area contributed by atoms with Crippen molar-refractivity contribution < 1.29 is 14.2 Å². The second kappa shape index (κ2) is 8.57. The SMILES string of the molecule is CC(C)c1cc(Cl)cc(Cl)c1Nc1ccc(F)c(CCOC(C)(C)O)c1. The standard InChI is InChI=1S/C20H24Cl2FNO2/c1-12(2)16-10-14(21)11-17(22)19(16)24-15-5-6-18(23)13(9-15)7-8-26-20(3,4)25/h5-6,9-12,24-25H,7-8H2,1-4H3. The first-order valence-corrected chi connectivity index (χ1v) is 9.23. The van der Waals surface area contributed by atoms with Gasteiger partial charge in [-0.3, -0.25) is 0 Å². The van der Waals surface area contributed by atoms with Gasteiger partial charge in [-0.05, 0) is 67.6 Å². The van der Waals surface area contributed by atoms with E-state index in [2.05, 4.69) is 19.2 Å². The molecule has 142 valence electrons. The average molecular weight is 400 g/mol. The highest BCUT2D eigenvalue weighted by molar-refractivity contribution is 6.36. The topological polar surface area (TPSA) is 41.5 Å². The monoisotopic (exact) mass is 399 g/mol.